The third kappa shape index (κ3) is 4.43. The highest BCUT2D eigenvalue weighted by atomic mass is 79.9. The van der Waals surface area contributed by atoms with Crippen molar-refractivity contribution < 1.29 is 9.53 Å². The van der Waals surface area contributed by atoms with Crippen LogP contribution in [0.5, 0.6) is 5.75 Å². The first-order valence-electron chi connectivity index (χ1n) is 6.03. The van der Waals surface area contributed by atoms with Crippen LogP contribution in [0.25, 0.3) is 0 Å². The zero-order chi connectivity index (χ0) is 15.3. The van der Waals surface area contributed by atoms with Crippen LogP contribution in [0.1, 0.15) is 19.8 Å². The van der Waals surface area contributed by atoms with E-state index in [2.05, 4.69) is 37.2 Å². The standard InChI is InChI=1S/C13H16Br2N2O2S/c1-3-4-7(12(16)20)13(18)17-10-6-11(19-2)9(15)5-8(10)14/h5-7H,3-4H2,1-2H3,(H2,16,20)(H,17,18). The number of carbonyl (C=O) groups is 1. The fourth-order valence-electron chi connectivity index (χ4n) is 1.69. The number of benzene rings is 1. The number of ether oxygens (including phenoxy) is 1. The Labute approximate surface area is 140 Å². The Bertz CT molecular complexity index is 523. The number of hydrogen-bond donors (Lipinski definition) is 2. The molecule has 0 spiro atoms. The van der Waals surface area contributed by atoms with Gasteiger partial charge in [0.2, 0.25) is 5.91 Å². The molecular weight excluding hydrogens is 408 g/mol. The van der Waals surface area contributed by atoms with Crippen LogP contribution >= 0.6 is 44.1 Å². The third-order valence-electron chi connectivity index (χ3n) is 2.74. The van der Waals surface area contributed by atoms with E-state index >= 15 is 0 Å². The Morgan fingerprint density at radius 2 is 2.10 bits per heavy atom. The minimum atomic E-state index is -0.462. The molecule has 1 rings (SSSR count). The summed E-state index contributed by atoms with van der Waals surface area (Å²) in [5, 5.41) is 2.82. The first kappa shape index (κ1) is 17.4. The second kappa shape index (κ2) is 7.95. The zero-order valence-corrected chi connectivity index (χ0v) is 15.2. The van der Waals surface area contributed by atoms with Gasteiger partial charge in [-0.15, -0.1) is 0 Å². The topological polar surface area (TPSA) is 64.3 Å². The minimum absolute atomic E-state index is 0.204. The molecule has 0 bridgehead atoms. The summed E-state index contributed by atoms with van der Waals surface area (Å²) in [4.78, 5) is 12.4. The molecule has 0 radical (unpaired) electrons. The van der Waals surface area contributed by atoms with Gasteiger partial charge in [0, 0.05) is 10.5 Å². The van der Waals surface area contributed by atoms with Crippen LogP contribution in [0.4, 0.5) is 5.69 Å². The Morgan fingerprint density at radius 1 is 1.45 bits per heavy atom. The van der Waals surface area contributed by atoms with Gasteiger partial charge >= 0.3 is 0 Å². The Kier molecular flexibility index (Phi) is 6.91. The van der Waals surface area contributed by atoms with Crippen molar-refractivity contribution in [3.63, 3.8) is 0 Å². The van der Waals surface area contributed by atoms with Crippen LogP contribution in [-0.2, 0) is 4.79 Å². The average molecular weight is 424 g/mol. The van der Waals surface area contributed by atoms with Gasteiger partial charge in [0.25, 0.3) is 0 Å². The van der Waals surface area contributed by atoms with Crippen molar-refractivity contribution in [2.24, 2.45) is 11.7 Å². The molecular formula is C13H16Br2N2O2S. The lowest BCUT2D eigenvalue weighted by Gasteiger charge is -2.16. The van der Waals surface area contributed by atoms with E-state index < -0.39 is 5.92 Å². The van der Waals surface area contributed by atoms with E-state index in [0.717, 1.165) is 15.4 Å². The number of methoxy groups -OCH3 is 1. The summed E-state index contributed by atoms with van der Waals surface area (Å²) in [5.41, 5.74) is 6.24. The molecule has 1 unspecified atom stereocenters. The molecule has 110 valence electrons. The van der Waals surface area contributed by atoms with E-state index in [1.54, 1.807) is 13.2 Å². The SMILES string of the molecule is CCCC(C(=O)Nc1cc(OC)c(Br)cc1Br)C(N)=S. The lowest BCUT2D eigenvalue weighted by Crippen LogP contribution is -2.33. The average Bonchev–Trinajstić information content (AvgIpc) is 2.38. The van der Waals surface area contributed by atoms with Crippen LogP contribution in [-0.4, -0.2) is 18.0 Å². The fraction of sp³-hybridized carbons (Fsp3) is 0.385. The van der Waals surface area contributed by atoms with E-state index in [0.29, 0.717) is 17.9 Å². The van der Waals surface area contributed by atoms with Gasteiger partial charge in [-0.1, -0.05) is 25.6 Å². The minimum Gasteiger partial charge on any atom is -0.495 e. The number of rotatable bonds is 6. The summed E-state index contributed by atoms with van der Waals surface area (Å²) in [6, 6.07) is 3.54. The van der Waals surface area contributed by atoms with Crippen molar-refractivity contribution >= 4 is 60.7 Å². The van der Waals surface area contributed by atoms with Gasteiger partial charge in [0.05, 0.1) is 28.2 Å². The summed E-state index contributed by atoms with van der Waals surface area (Å²) < 4.78 is 6.75. The predicted molar refractivity (Wildman–Crippen MR) is 92.2 cm³/mol. The quantitative estimate of drug-likeness (QED) is 0.681. The lowest BCUT2D eigenvalue weighted by molar-refractivity contribution is -0.118. The first-order valence-corrected chi connectivity index (χ1v) is 8.03. The maximum Gasteiger partial charge on any atom is 0.234 e. The molecule has 20 heavy (non-hydrogen) atoms. The monoisotopic (exact) mass is 422 g/mol. The van der Waals surface area contributed by atoms with Crippen LogP contribution < -0.4 is 15.8 Å². The first-order chi connectivity index (χ1) is 9.40. The van der Waals surface area contributed by atoms with Gasteiger partial charge in [-0.25, -0.2) is 0 Å². The van der Waals surface area contributed by atoms with Crippen molar-refractivity contribution in [2.75, 3.05) is 12.4 Å². The van der Waals surface area contributed by atoms with E-state index in [1.807, 2.05) is 13.0 Å². The molecule has 0 heterocycles. The van der Waals surface area contributed by atoms with Crippen LogP contribution in [0, 0.1) is 5.92 Å². The molecule has 1 atom stereocenters. The molecule has 7 heteroatoms. The van der Waals surface area contributed by atoms with E-state index in [-0.39, 0.29) is 10.9 Å². The summed E-state index contributed by atoms with van der Waals surface area (Å²) in [5.74, 6) is -0.0353. The van der Waals surface area contributed by atoms with Crippen molar-refractivity contribution in [3.8, 4) is 5.75 Å². The van der Waals surface area contributed by atoms with Gasteiger partial charge in [-0.3, -0.25) is 4.79 Å². The van der Waals surface area contributed by atoms with Crippen LogP contribution in [0.3, 0.4) is 0 Å². The molecule has 1 amide bonds. The molecule has 0 saturated carbocycles. The third-order valence-corrected chi connectivity index (χ3v) is 4.30. The van der Waals surface area contributed by atoms with E-state index in [4.69, 9.17) is 22.7 Å². The van der Waals surface area contributed by atoms with E-state index in [1.165, 1.54) is 0 Å². The number of amides is 1. The van der Waals surface area contributed by atoms with Crippen molar-refractivity contribution in [3.05, 3.63) is 21.1 Å². The molecule has 0 saturated heterocycles. The molecule has 3 N–H and O–H groups in total. The number of halogens is 2. The van der Waals surface area contributed by atoms with Gasteiger partial charge < -0.3 is 15.8 Å². The predicted octanol–water partition coefficient (Wildman–Crippen LogP) is 3.86. The summed E-state index contributed by atoms with van der Waals surface area (Å²) in [6.07, 6.45) is 1.46. The van der Waals surface area contributed by atoms with Crippen molar-refractivity contribution in [2.45, 2.75) is 19.8 Å². The number of thiocarbonyl (C=S) groups is 1. The smallest absolute Gasteiger partial charge is 0.234 e. The second-order valence-electron chi connectivity index (χ2n) is 4.20. The molecule has 0 fully saturated rings. The molecule has 0 aliphatic carbocycles. The number of nitrogens with one attached hydrogen (secondary N) is 1. The molecule has 0 aromatic heterocycles. The molecule has 0 aliphatic rings. The summed E-state index contributed by atoms with van der Waals surface area (Å²) in [6.45, 7) is 1.98. The maximum absolute atomic E-state index is 12.2. The van der Waals surface area contributed by atoms with E-state index in [9.17, 15) is 4.79 Å². The molecule has 4 nitrogen and oxygen atoms in total. The van der Waals surface area contributed by atoms with Crippen molar-refractivity contribution in [1.29, 1.82) is 0 Å². The lowest BCUT2D eigenvalue weighted by atomic mass is 10.0. The van der Waals surface area contributed by atoms with Gasteiger partial charge in [0.15, 0.2) is 0 Å². The number of nitrogens with two attached hydrogens (primary N) is 1. The number of carbonyl (C=O) groups excluding carboxylic acids is 1. The highest BCUT2D eigenvalue weighted by Crippen LogP contribution is 2.34. The highest BCUT2D eigenvalue weighted by molar-refractivity contribution is 9.11. The van der Waals surface area contributed by atoms with Crippen molar-refractivity contribution in [1.82, 2.24) is 0 Å². The summed E-state index contributed by atoms with van der Waals surface area (Å²) >= 11 is 11.7. The Morgan fingerprint density at radius 3 is 2.60 bits per heavy atom. The van der Waals surface area contributed by atoms with Crippen LogP contribution in [0.2, 0.25) is 0 Å². The zero-order valence-electron chi connectivity index (χ0n) is 11.2. The fourth-order valence-corrected chi connectivity index (χ4v) is 3.17. The highest BCUT2D eigenvalue weighted by Gasteiger charge is 2.21. The van der Waals surface area contributed by atoms with Crippen LogP contribution in [0.15, 0.2) is 21.1 Å². The molecule has 1 aromatic carbocycles. The maximum atomic E-state index is 12.2. The van der Waals surface area contributed by atoms with Gasteiger partial charge in [-0.05, 0) is 44.3 Å². The Balaban J connectivity index is 2.97. The molecule has 1 aromatic rings. The normalized spacial score (nSPS) is 11.8. The van der Waals surface area contributed by atoms with Gasteiger partial charge in [0.1, 0.15) is 5.75 Å². The molecule has 0 aliphatic heterocycles. The number of hydrogen-bond acceptors (Lipinski definition) is 3. The second-order valence-corrected chi connectivity index (χ2v) is 6.38. The number of anilines is 1. The largest absolute Gasteiger partial charge is 0.495 e. The van der Waals surface area contributed by atoms with Gasteiger partial charge in [-0.2, -0.15) is 0 Å². The Hall–Kier alpha value is -0.660. The summed E-state index contributed by atoms with van der Waals surface area (Å²) in [7, 11) is 1.56.